The van der Waals surface area contributed by atoms with Crippen LogP contribution in [0.1, 0.15) is 25.0 Å². The molecule has 1 rings (SSSR count). The van der Waals surface area contributed by atoms with Gasteiger partial charge < -0.3 is 5.11 Å². The van der Waals surface area contributed by atoms with Crippen LogP contribution >= 0.6 is 0 Å². The molecule has 0 atom stereocenters. The Bertz CT molecular complexity index is 383. The van der Waals surface area contributed by atoms with Crippen molar-refractivity contribution in [1.29, 1.82) is 0 Å². The second kappa shape index (κ2) is 5.25. The highest BCUT2D eigenvalue weighted by molar-refractivity contribution is 5.74. The number of benzene rings is 1. The van der Waals surface area contributed by atoms with E-state index in [1.54, 1.807) is 38.1 Å². The van der Waals surface area contributed by atoms with E-state index in [1.807, 2.05) is 0 Å². The summed E-state index contributed by atoms with van der Waals surface area (Å²) in [5.41, 5.74) is 0.567. The van der Waals surface area contributed by atoms with E-state index in [9.17, 15) is 13.6 Å². The number of hydrogen-bond acceptors (Lipinski definition) is 1. The highest BCUT2D eigenvalue weighted by atomic mass is 19.3. The molecule has 0 saturated heterocycles. The summed E-state index contributed by atoms with van der Waals surface area (Å²) in [7, 11) is 0. The first-order chi connectivity index (χ1) is 7.81. The molecule has 0 aliphatic rings. The molecule has 0 aliphatic carbocycles. The molecule has 0 spiro atoms. The Morgan fingerprint density at radius 3 is 2.12 bits per heavy atom. The lowest BCUT2D eigenvalue weighted by Gasteiger charge is -2.19. The SMILES string of the molecule is CC(C)(Cc1ccc(CC(F)F)cc1)C(=O)O. The van der Waals surface area contributed by atoms with Crippen molar-refractivity contribution in [2.45, 2.75) is 33.1 Å². The maximum Gasteiger partial charge on any atom is 0.309 e. The van der Waals surface area contributed by atoms with Gasteiger partial charge in [0.1, 0.15) is 0 Å². The number of carboxylic acid groups (broad SMARTS) is 1. The molecular formula is C13H16F2O2. The molecule has 0 amide bonds. The molecule has 17 heavy (non-hydrogen) atoms. The molecule has 0 bridgehead atoms. The maximum atomic E-state index is 12.1. The lowest BCUT2D eigenvalue weighted by atomic mass is 9.86. The monoisotopic (exact) mass is 242 g/mol. The van der Waals surface area contributed by atoms with Crippen LogP contribution < -0.4 is 0 Å². The molecule has 0 unspecified atom stereocenters. The van der Waals surface area contributed by atoms with Crippen molar-refractivity contribution < 1.29 is 18.7 Å². The third-order valence-corrected chi connectivity index (χ3v) is 2.64. The van der Waals surface area contributed by atoms with Gasteiger partial charge in [0.25, 0.3) is 0 Å². The Kier molecular flexibility index (Phi) is 4.21. The molecule has 0 heterocycles. The van der Waals surface area contributed by atoms with Crippen molar-refractivity contribution in [3.05, 3.63) is 35.4 Å². The molecule has 0 saturated carbocycles. The molecule has 4 heteroatoms. The quantitative estimate of drug-likeness (QED) is 0.861. The Morgan fingerprint density at radius 2 is 1.71 bits per heavy atom. The van der Waals surface area contributed by atoms with Crippen LogP contribution in [0.15, 0.2) is 24.3 Å². The molecule has 2 nitrogen and oxygen atoms in total. The van der Waals surface area contributed by atoms with Gasteiger partial charge in [0, 0.05) is 6.42 Å². The predicted octanol–water partition coefficient (Wildman–Crippen LogP) is 3.15. The molecule has 0 fully saturated rings. The molecule has 1 aromatic carbocycles. The largest absolute Gasteiger partial charge is 0.481 e. The number of rotatable bonds is 5. The zero-order valence-corrected chi connectivity index (χ0v) is 9.91. The smallest absolute Gasteiger partial charge is 0.309 e. The Balaban J connectivity index is 2.72. The average Bonchev–Trinajstić information content (AvgIpc) is 2.19. The van der Waals surface area contributed by atoms with E-state index in [0.29, 0.717) is 12.0 Å². The first-order valence-corrected chi connectivity index (χ1v) is 5.40. The van der Waals surface area contributed by atoms with Crippen LogP contribution in [-0.2, 0) is 17.6 Å². The van der Waals surface area contributed by atoms with E-state index in [-0.39, 0.29) is 6.42 Å². The van der Waals surface area contributed by atoms with Crippen molar-refractivity contribution in [3.8, 4) is 0 Å². The van der Waals surface area contributed by atoms with Crippen molar-refractivity contribution in [2.24, 2.45) is 5.41 Å². The standard InChI is InChI=1S/C13H16F2O2/c1-13(2,12(16)17)8-10-5-3-9(4-6-10)7-11(14)15/h3-6,11H,7-8H2,1-2H3,(H,16,17). The van der Waals surface area contributed by atoms with Crippen molar-refractivity contribution in [2.75, 3.05) is 0 Å². The molecule has 1 N–H and O–H groups in total. The molecule has 0 aliphatic heterocycles. The van der Waals surface area contributed by atoms with E-state index >= 15 is 0 Å². The zero-order valence-electron chi connectivity index (χ0n) is 9.91. The van der Waals surface area contributed by atoms with E-state index in [4.69, 9.17) is 5.11 Å². The summed E-state index contributed by atoms with van der Waals surface area (Å²) in [6, 6.07) is 6.67. The minimum atomic E-state index is -2.35. The first-order valence-electron chi connectivity index (χ1n) is 5.40. The number of halogens is 2. The minimum Gasteiger partial charge on any atom is -0.481 e. The van der Waals surface area contributed by atoms with Gasteiger partial charge in [-0.1, -0.05) is 24.3 Å². The van der Waals surface area contributed by atoms with E-state index in [2.05, 4.69) is 0 Å². The van der Waals surface area contributed by atoms with Crippen LogP contribution in [0, 0.1) is 5.41 Å². The van der Waals surface area contributed by atoms with Crippen LogP contribution in [-0.4, -0.2) is 17.5 Å². The summed E-state index contributed by atoms with van der Waals surface area (Å²) < 4.78 is 24.2. The minimum absolute atomic E-state index is 0.261. The van der Waals surface area contributed by atoms with Crippen LogP contribution in [0.3, 0.4) is 0 Å². The lowest BCUT2D eigenvalue weighted by molar-refractivity contribution is -0.146. The van der Waals surface area contributed by atoms with Crippen molar-refractivity contribution >= 4 is 5.97 Å². The second-order valence-electron chi connectivity index (χ2n) is 4.78. The number of carbonyl (C=O) groups is 1. The number of carboxylic acids is 1. The summed E-state index contributed by atoms with van der Waals surface area (Å²) >= 11 is 0. The Labute approximate surface area is 99.3 Å². The average molecular weight is 242 g/mol. The fourth-order valence-corrected chi connectivity index (χ4v) is 1.56. The van der Waals surface area contributed by atoms with Crippen molar-refractivity contribution in [1.82, 2.24) is 0 Å². The first kappa shape index (κ1) is 13.6. The maximum absolute atomic E-state index is 12.1. The van der Waals surface area contributed by atoms with Gasteiger partial charge in [-0.3, -0.25) is 4.79 Å². The van der Waals surface area contributed by atoms with Gasteiger partial charge in [0.05, 0.1) is 5.41 Å². The van der Waals surface area contributed by atoms with Crippen molar-refractivity contribution in [3.63, 3.8) is 0 Å². The van der Waals surface area contributed by atoms with Crippen LogP contribution in [0.25, 0.3) is 0 Å². The van der Waals surface area contributed by atoms with E-state index in [1.165, 1.54) is 0 Å². The Hall–Kier alpha value is -1.45. The molecule has 0 radical (unpaired) electrons. The summed E-state index contributed by atoms with van der Waals surface area (Å²) in [5.74, 6) is -0.867. The van der Waals surface area contributed by atoms with Crippen LogP contribution in [0.4, 0.5) is 8.78 Å². The van der Waals surface area contributed by atoms with Gasteiger partial charge in [0.2, 0.25) is 6.43 Å². The highest BCUT2D eigenvalue weighted by Crippen LogP contribution is 2.22. The summed E-state index contributed by atoms with van der Waals surface area (Å²) in [4.78, 5) is 10.9. The molecule has 0 aromatic heterocycles. The van der Waals surface area contributed by atoms with Gasteiger partial charge in [-0.15, -0.1) is 0 Å². The molecular weight excluding hydrogens is 226 g/mol. The van der Waals surface area contributed by atoms with Gasteiger partial charge in [0.15, 0.2) is 0 Å². The third-order valence-electron chi connectivity index (χ3n) is 2.64. The van der Waals surface area contributed by atoms with Gasteiger partial charge in [-0.05, 0) is 31.4 Å². The normalized spacial score (nSPS) is 11.8. The fourth-order valence-electron chi connectivity index (χ4n) is 1.56. The summed E-state index contributed by atoms with van der Waals surface area (Å²) in [6.07, 6.45) is -2.23. The highest BCUT2D eigenvalue weighted by Gasteiger charge is 2.27. The third kappa shape index (κ3) is 4.13. The predicted molar refractivity (Wildman–Crippen MR) is 61.3 cm³/mol. The number of hydrogen-bond donors (Lipinski definition) is 1. The van der Waals surface area contributed by atoms with Crippen LogP contribution in [0.5, 0.6) is 0 Å². The number of aliphatic carboxylic acids is 1. The summed E-state index contributed by atoms with van der Waals surface area (Å²) in [5, 5.41) is 8.98. The fraction of sp³-hybridized carbons (Fsp3) is 0.462. The Morgan fingerprint density at radius 1 is 1.24 bits per heavy atom. The van der Waals surface area contributed by atoms with E-state index in [0.717, 1.165) is 5.56 Å². The lowest BCUT2D eigenvalue weighted by Crippen LogP contribution is -2.26. The molecule has 1 aromatic rings. The van der Waals surface area contributed by atoms with Gasteiger partial charge >= 0.3 is 5.97 Å². The second-order valence-corrected chi connectivity index (χ2v) is 4.78. The van der Waals surface area contributed by atoms with Gasteiger partial charge in [-0.2, -0.15) is 0 Å². The zero-order chi connectivity index (χ0) is 13.1. The van der Waals surface area contributed by atoms with E-state index < -0.39 is 17.8 Å². The summed E-state index contributed by atoms with van der Waals surface area (Å²) in [6.45, 7) is 3.28. The topological polar surface area (TPSA) is 37.3 Å². The van der Waals surface area contributed by atoms with Crippen LogP contribution in [0.2, 0.25) is 0 Å². The van der Waals surface area contributed by atoms with Gasteiger partial charge in [-0.25, -0.2) is 8.78 Å². The molecule has 94 valence electrons. The number of alkyl halides is 2.